The molecule has 0 aromatic heterocycles. The minimum Gasteiger partial charge on any atom is -0.394 e. The Morgan fingerprint density at radius 2 is 1.79 bits per heavy atom. The minimum absolute atomic E-state index is 0.266. The Labute approximate surface area is 82.1 Å². The number of amidine groups is 1. The molecule has 0 unspecified atom stereocenters. The van der Waals surface area contributed by atoms with Crippen LogP contribution in [0.3, 0.4) is 0 Å². The fraction of sp³-hybridized carbons (Fsp3) is 0.875. The van der Waals surface area contributed by atoms with Crippen molar-refractivity contribution in [1.29, 1.82) is 0 Å². The summed E-state index contributed by atoms with van der Waals surface area (Å²) in [6, 6.07) is -0.772. The molecule has 6 heteroatoms. The molecule has 0 aromatic rings. The van der Waals surface area contributed by atoms with Crippen LogP contribution in [-0.4, -0.2) is 76.2 Å². The van der Waals surface area contributed by atoms with E-state index in [-0.39, 0.29) is 12.4 Å². The van der Waals surface area contributed by atoms with Gasteiger partial charge in [0.05, 0.1) is 6.61 Å². The molecule has 0 amide bonds. The van der Waals surface area contributed by atoms with Crippen LogP contribution < -0.4 is 0 Å². The van der Waals surface area contributed by atoms with Gasteiger partial charge in [0.2, 0.25) is 0 Å². The van der Waals surface area contributed by atoms with Crippen molar-refractivity contribution in [3.8, 4) is 0 Å². The van der Waals surface area contributed by atoms with Crippen molar-refractivity contribution in [1.82, 2.24) is 4.90 Å². The molecule has 6 nitrogen and oxygen atoms in total. The molecule has 0 spiro atoms. The van der Waals surface area contributed by atoms with Crippen molar-refractivity contribution in [2.75, 3.05) is 20.7 Å². The maximum absolute atomic E-state index is 9.53. The number of aliphatic imine (C=N–C) groups is 1. The minimum atomic E-state index is -1.30. The van der Waals surface area contributed by atoms with Crippen molar-refractivity contribution in [3.63, 3.8) is 0 Å². The van der Waals surface area contributed by atoms with E-state index in [1.165, 1.54) is 0 Å². The molecule has 0 saturated heterocycles. The van der Waals surface area contributed by atoms with Gasteiger partial charge in [0, 0.05) is 14.1 Å². The summed E-state index contributed by atoms with van der Waals surface area (Å²) in [5.74, 6) is 0.266. The van der Waals surface area contributed by atoms with Gasteiger partial charge in [-0.2, -0.15) is 0 Å². The Hall–Kier alpha value is -0.690. The number of aliphatic hydroxyl groups excluding tert-OH is 4. The summed E-state index contributed by atoms with van der Waals surface area (Å²) in [6.07, 6.45) is -3.73. The van der Waals surface area contributed by atoms with Crippen LogP contribution in [0, 0.1) is 0 Å². The van der Waals surface area contributed by atoms with E-state index in [1.54, 1.807) is 19.0 Å². The third-order valence-electron chi connectivity index (χ3n) is 2.28. The van der Waals surface area contributed by atoms with Crippen molar-refractivity contribution in [2.24, 2.45) is 4.99 Å². The van der Waals surface area contributed by atoms with Gasteiger partial charge < -0.3 is 25.3 Å². The highest BCUT2D eigenvalue weighted by atomic mass is 16.4. The SMILES string of the molecule is CN(C)C1=N[C@H](CO)[C@@H](O)[C@H](O)[C@H]1O. The molecule has 0 radical (unpaired) electrons. The average Bonchev–Trinajstić information content (AvgIpc) is 2.14. The molecule has 1 rings (SSSR count). The standard InChI is InChI=1S/C8H16N2O4/c1-10(2)8-7(14)6(13)5(12)4(3-11)9-8/h4-7,11-14H,3H2,1-2H3/t4-,5-,6+,7-/m1/s1. The summed E-state index contributed by atoms with van der Waals surface area (Å²) in [4.78, 5) is 5.49. The lowest BCUT2D eigenvalue weighted by Gasteiger charge is -2.35. The monoisotopic (exact) mass is 204 g/mol. The summed E-state index contributed by atoms with van der Waals surface area (Å²) >= 11 is 0. The molecule has 0 bridgehead atoms. The van der Waals surface area contributed by atoms with E-state index >= 15 is 0 Å². The van der Waals surface area contributed by atoms with E-state index in [0.717, 1.165) is 0 Å². The van der Waals surface area contributed by atoms with Gasteiger partial charge in [-0.3, -0.25) is 4.99 Å². The van der Waals surface area contributed by atoms with Gasteiger partial charge in [-0.25, -0.2) is 0 Å². The first-order chi connectivity index (χ1) is 6.49. The van der Waals surface area contributed by atoms with Crippen LogP contribution in [0.25, 0.3) is 0 Å². The Kier molecular flexibility index (Phi) is 3.43. The van der Waals surface area contributed by atoms with Crippen LogP contribution in [-0.2, 0) is 0 Å². The van der Waals surface area contributed by atoms with E-state index in [2.05, 4.69) is 4.99 Å². The molecular weight excluding hydrogens is 188 g/mol. The number of hydrogen-bond acceptors (Lipinski definition) is 6. The number of nitrogens with zero attached hydrogens (tertiary/aromatic N) is 2. The van der Waals surface area contributed by atoms with Crippen LogP contribution in [0.1, 0.15) is 0 Å². The Bertz CT molecular complexity index is 231. The molecule has 14 heavy (non-hydrogen) atoms. The van der Waals surface area contributed by atoms with Crippen LogP contribution >= 0.6 is 0 Å². The zero-order valence-electron chi connectivity index (χ0n) is 8.20. The molecule has 1 heterocycles. The van der Waals surface area contributed by atoms with Crippen LogP contribution in [0.15, 0.2) is 4.99 Å². The first kappa shape index (κ1) is 11.4. The Morgan fingerprint density at radius 1 is 1.21 bits per heavy atom. The molecule has 0 saturated carbocycles. The lowest BCUT2D eigenvalue weighted by Crippen LogP contribution is -2.55. The van der Waals surface area contributed by atoms with Crippen LogP contribution in [0.2, 0.25) is 0 Å². The molecule has 1 aliphatic heterocycles. The summed E-state index contributed by atoms with van der Waals surface area (Å²) in [5, 5.41) is 37.3. The van der Waals surface area contributed by atoms with E-state index < -0.39 is 24.4 Å². The van der Waals surface area contributed by atoms with Gasteiger partial charge in [0.25, 0.3) is 0 Å². The first-order valence-electron chi connectivity index (χ1n) is 4.39. The zero-order valence-corrected chi connectivity index (χ0v) is 8.20. The van der Waals surface area contributed by atoms with Gasteiger partial charge in [-0.15, -0.1) is 0 Å². The van der Waals surface area contributed by atoms with E-state index in [1.807, 2.05) is 0 Å². The van der Waals surface area contributed by atoms with Gasteiger partial charge in [0.15, 0.2) is 0 Å². The van der Waals surface area contributed by atoms with Gasteiger partial charge >= 0.3 is 0 Å². The normalized spacial score (nSPS) is 38.0. The van der Waals surface area contributed by atoms with Crippen molar-refractivity contribution in [3.05, 3.63) is 0 Å². The summed E-state index contributed by atoms with van der Waals surface area (Å²) in [7, 11) is 3.34. The fourth-order valence-corrected chi connectivity index (χ4v) is 1.42. The molecule has 0 fully saturated rings. The number of hydrogen-bond donors (Lipinski definition) is 4. The molecular formula is C8H16N2O4. The third-order valence-corrected chi connectivity index (χ3v) is 2.28. The zero-order chi connectivity index (χ0) is 10.9. The predicted molar refractivity (Wildman–Crippen MR) is 50.0 cm³/mol. The largest absolute Gasteiger partial charge is 0.394 e. The second kappa shape index (κ2) is 4.22. The number of rotatable bonds is 1. The lowest BCUT2D eigenvalue weighted by molar-refractivity contribution is -0.0618. The van der Waals surface area contributed by atoms with Crippen molar-refractivity contribution < 1.29 is 20.4 Å². The van der Waals surface area contributed by atoms with E-state index in [0.29, 0.717) is 0 Å². The molecule has 1 aliphatic rings. The second-order valence-electron chi connectivity index (χ2n) is 3.56. The van der Waals surface area contributed by atoms with Crippen molar-refractivity contribution >= 4 is 5.84 Å². The second-order valence-corrected chi connectivity index (χ2v) is 3.56. The molecule has 4 N–H and O–H groups in total. The predicted octanol–water partition coefficient (Wildman–Crippen LogP) is -2.60. The first-order valence-corrected chi connectivity index (χ1v) is 4.39. The quantitative estimate of drug-likeness (QED) is 0.376. The smallest absolute Gasteiger partial charge is 0.139 e. The average molecular weight is 204 g/mol. The summed E-state index contributed by atoms with van der Waals surface area (Å²) in [5.41, 5.74) is 0. The third kappa shape index (κ3) is 1.88. The maximum atomic E-state index is 9.53. The van der Waals surface area contributed by atoms with Crippen LogP contribution in [0.4, 0.5) is 0 Å². The topological polar surface area (TPSA) is 96.5 Å². The van der Waals surface area contributed by atoms with Crippen LogP contribution in [0.5, 0.6) is 0 Å². The summed E-state index contributed by atoms with van der Waals surface area (Å²) in [6.45, 7) is -0.359. The molecule has 82 valence electrons. The Balaban J connectivity index is 2.94. The van der Waals surface area contributed by atoms with E-state index in [9.17, 15) is 15.3 Å². The fourth-order valence-electron chi connectivity index (χ4n) is 1.42. The highest BCUT2D eigenvalue weighted by Gasteiger charge is 2.39. The number of aliphatic hydroxyl groups is 4. The van der Waals surface area contributed by atoms with E-state index in [4.69, 9.17) is 5.11 Å². The number of likely N-dealkylation sites (N-methyl/N-ethyl adjacent to an activating group) is 1. The molecule has 0 aliphatic carbocycles. The maximum Gasteiger partial charge on any atom is 0.139 e. The highest BCUT2D eigenvalue weighted by Crippen LogP contribution is 2.16. The summed E-state index contributed by atoms with van der Waals surface area (Å²) < 4.78 is 0. The Morgan fingerprint density at radius 3 is 2.21 bits per heavy atom. The molecule has 4 atom stereocenters. The lowest BCUT2D eigenvalue weighted by atomic mass is 9.97. The van der Waals surface area contributed by atoms with Crippen molar-refractivity contribution in [2.45, 2.75) is 24.4 Å². The van der Waals surface area contributed by atoms with Gasteiger partial charge in [-0.1, -0.05) is 0 Å². The van der Waals surface area contributed by atoms with Gasteiger partial charge in [0.1, 0.15) is 30.2 Å². The highest BCUT2D eigenvalue weighted by molar-refractivity contribution is 5.87. The molecule has 0 aromatic carbocycles. The van der Waals surface area contributed by atoms with Gasteiger partial charge in [-0.05, 0) is 0 Å².